The average molecular weight is 931 g/mol. The highest BCUT2D eigenvalue weighted by Gasteiger charge is 2.39. The molecule has 0 saturated heterocycles. The lowest BCUT2D eigenvalue weighted by molar-refractivity contribution is -0.161. The Morgan fingerprint density at radius 1 is 0.645 bits per heavy atom. The van der Waals surface area contributed by atoms with Crippen molar-refractivity contribution < 1.29 is 76.9 Å². The first kappa shape index (κ1) is 58.8. The van der Waals surface area contributed by atoms with Crippen molar-refractivity contribution in [2.75, 3.05) is 26.4 Å². The van der Waals surface area contributed by atoms with Gasteiger partial charge in [-0.15, -0.1) is 0 Å². The van der Waals surface area contributed by atoms with Crippen LogP contribution >= 0.6 is 15.6 Å². The third-order valence-electron chi connectivity index (χ3n) is 11.2. The minimum atomic E-state index is -4.89. The van der Waals surface area contributed by atoms with Gasteiger partial charge in [-0.25, -0.2) is 9.13 Å². The molecule has 0 aliphatic heterocycles. The Morgan fingerprint density at radius 2 is 1.16 bits per heavy atom. The molecule has 62 heavy (non-hydrogen) atoms. The SMILES string of the molecule is CCCCC[C@H](O)/C=C/[C@@H]1[C@@H](CCCCCCC(=O)OC[C@H](COP(=O)(O)OC[C@@H](O)COP(=O)(O)O)OC(=O)CCCCCCCCCCCCCCC(C)C)[C@@H](O)C[C@H]1O. The van der Waals surface area contributed by atoms with Crippen LogP contribution in [-0.2, 0) is 41.8 Å². The second-order valence-electron chi connectivity index (χ2n) is 17.5. The lowest BCUT2D eigenvalue weighted by atomic mass is 9.88. The van der Waals surface area contributed by atoms with Crippen LogP contribution in [0.15, 0.2) is 12.2 Å². The van der Waals surface area contributed by atoms with Crippen LogP contribution in [-0.4, -0.2) is 104 Å². The molecule has 0 amide bonds. The molecule has 1 aliphatic carbocycles. The molecule has 0 aromatic rings. The Hall–Kier alpha value is -1.26. The molecular formula is C44H84O16P2. The maximum atomic E-state index is 12.7. The Bertz CT molecular complexity index is 1280. The first-order valence-corrected chi connectivity index (χ1v) is 26.5. The van der Waals surface area contributed by atoms with E-state index in [9.17, 15) is 44.0 Å². The summed E-state index contributed by atoms with van der Waals surface area (Å²) in [4.78, 5) is 53.0. The predicted octanol–water partition coefficient (Wildman–Crippen LogP) is 8.36. The third kappa shape index (κ3) is 32.4. The fraction of sp³-hybridized carbons (Fsp3) is 0.909. The number of rotatable bonds is 40. The van der Waals surface area contributed by atoms with E-state index in [1.807, 2.05) is 6.08 Å². The minimum Gasteiger partial charge on any atom is -0.462 e. The lowest BCUT2D eigenvalue weighted by Gasteiger charge is -2.21. The summed E-state index contributed by atoms with van der Waals surface area (Å²) in [5.41, 5.74) is 0. The van der Waals surface area contributed by atoms with Gasteiger partial charge in [0.25, 0.3) is 0 Å². The van der Waals surface area contributed by atoms with E-state index in [4.69, 9.17) is 23.8 Å². The molecule has 7 N–H and O–H groups in total. The average Bonchev–Trinajstić information content (AvgIpc) is 3.47. The molecule has 0 aromatic carbocycles. The highest BCUT2D eigenvalue weighted by atomic mass is 31.2. The van der Waals surface area contributed by atoms with E-state index < -0.39 is 84.5 Å². The molecule has 1 unspecified atom stereocenters. The Balaban J connectivity index is 2.50. The highest BCUT2D eigenvalue weighted by Crippen LogP contribution is 2.44. The summed E-state index contributed by atoms with van der Waals surface area (Å²) in [5, 5.41) is 41.2. The number of phosphoric acid groups is 2. The van der Waals surface area contributed by atoms with E-state index >= 15 is 0 Å². The summed E-state index contributed by atoms with van der Waals surface area (Å²) in [6.45, 7) is 3.75. The fourth-order valence-electron chi connectivity index (χ4n) is 7.57. The maximum absolute atomic E-state index is 12.7. The van der Waals surface area contributed by atoms with E-state index in [2.05, 4.69) is 29.8 Å². The Morgan fingerprint density at radius 3 is 1.74 bits per heavy atom. The van der Waals surface area contributed by atoms with Crippen molar-refractivity contribution in [3.05, 3.63) is 12.2 Å². The molecule has 0 bridgehead atoms. The number of aliphatic hydroxyl groups is 4. The molecule has 16 nitrogen and oxygen atoms in total. The summed E-state index contributed by atoms with van der Waals surface area (Å²) < 4.78 is 47.9. The summed E-state index contributed by atoms with van der Waals surface area (Å²) >= 11 is 0. The number of phosphoric ester groups is 2. The van der Waals surface area contributed by atoms with E-state index in [1.54, 1.807) is 6.08 Å². The zero-order chi connectivity index (χ0) is 46.2. The van der Waals surface area contributed by atoms with Gasteiger partial charge < -0.3 is 44.6 Å². The molecule has 1 aliphatic rings. The minimum absolute atomic E-state index is 0.0716. The second-order valence-corrected chi connectivity index (χ2v) is 20.2. The fourth-order valence-corrected chi connectivity index (χ4v) is 8.73. The van der Waals surface area contributed by atoms with Crippen LogP contribution in [0.25, 0.3) is 0 Å². The molecular weight excluding hydrogens is 846 g/mol. The smallest absolute Gasteiger partial charge is 0.462 e. The van der Waals surface area contributed by atoms with Crippen LogP contribution in [0, 0.1) is 17.8 Å². The van der Waals surface area contributed by atoms with Gasteiger partial charge in [0.15, 0.2) is 6.10 Å². The van der Waals surface area contributed by atoms with E-state index in [0.717, 1.165) is 63.7 Å². The quantitative estimate of drug-likeness (QED) is 0.0132. The number of aliphatic hydroxyl groups excluding tert-OH is 4. The molecule has 366 valence electrons. The first-order chi connectivity index (χ1) is 29.4. The van der Waals surface area contributed by atoms with Gasteiger partial charge in [-0.05, 0) is 37.5 Å². The monoisotopic (exact) mass is 931 g/mol. The van der Waals surface area contributed by atoms with Gasteiger partial charge in [0.2, 0.25) is 0 Å². The van der Waals surface area contributed by atoms with Crippen molar-refractivity contribution in [3.8, 4) is 0 Å². The summed E-state index contributed by atoms with van der Waals surface area (Å²) in [5.74, 6) is -0.742. The van der Waals surface area contributed by atoms with Crippen molar-refractivity contribution in [1.29, 1.82) is 0 Å². The zero-order valence-corrected chi connectivity index (χ0v) is 39.8. The summed E-state index contributed by atoms with van der Waals surface area (Å²) in [6, 6.07) is 0. The second kappa shape index (κ2) is 35.0. The molecule has 1 rings (SSSR count). The molecule has 1 fully saturated rings. The first-order valence-electron chi connectivity index (χ1n) is 23.5. The number of unbranched alkanes of at least 4 members (excludes halogenated alkanes) is 16. The predicted molar refractivity (Wildman–Crippen MR) is 237 cm³/mol. The van der Waals surface area contributed by atoms with Crippen molar-refractivity contribution in [2.45, 2.75) is 212 Å². The largest absolute Gasteiger partial charge is 0.472 e. The van der Waals surface area contributed by atoms with Crippen LogP contribution < -0.4 is 0 Å². The van der Waals surface area contributed by atoms with Crippen LogP contribution in [0.2, 0.25) is 0 Å². The summed E-state index contributed by atoms with van der Waals surface area (Å²) in [7, 11) is -9.75. The van der Waals surface area contributed by atoms with Crippen molar-refractivity contribution in [3.63, 3.8) is 0 Å². The van der Waals surface area contributed by atoms with Crippen molar-refractivity contribution >= 4 is 27.6 Å². The van der Waals surface area contributed by atoms with Crippen molar-refractivity contribution in [1.82, 2.24) is 0 Å². The van der Waals surface area contributed by atoms with Gasteiger partial charge >= 0.3 is 27.6 Å². The van der Waals surface area contributed by atoms with E-state index in [0.29, 0.717) is 38.5 Å². The lowest BCUT2D eigenvalue weighted by Crippen LogP contribution is -2.30. The van der Waals surface area contributed by atoms with Gasteiger partial charge in [-0.2, -0.15) is 0 Å². The van der Waals surface area contributed by atoms with Crippen LogP contribution in [0.5, 0.6) is 0 Å². The van der Waals surface area contributed by atoms with Gasteiger partial charge in [-0.1, -0.05) is 148 Å². The maximum Gasteiger partial charge on any atom is 0.472 e. The number of hydrogen-bond donors (Lipinski definition) is 7. The van der Waals surface area contributed by atoms with Crippen molar-refractivity contribution in [2.24, 2.45) is 17.8 Å². The van der Waals surface area contributed by atoms with Gasteiger partial charge in [0.1, 0.15) is 12.7 Å². The van der Waals surface area contributed by atoms with Crippen LogP contribution in [0.3, 0.4) is 0 Å². The zero-order valence-electron chi connectivity index (χ0n) is 38.0. The number of hydrogen-bond acceptors (Lipinski definition) is 13. The van der Waals surface area contributed by atoms with Crippen LogP contribution in [0.4, 0.5) is 0 Å². The molecule has 1 saturated carbocycles. The Kier molecular flexibility index (Phi) is 33.2. The normalized spacial score (nSPS) is 20.7. The number of ether oxygens (including phenoxy) is 2. The highest BCUT2D eigenvalue weighted by molar-refractivity contribution is 7.47. The third-order valence-corrected chi connectivity index (χ3v) is 12.6. The number of carbonyl (C=O) groups excluding carboxylic acids is 2. The standard InChI is InChI=1S/C44H84O16P2/c1-4-5-18-24-36(45)28-29-40-39(41(47)30-42(40)48)25-20-16-17-21-26-43(49)56-33-38(34-59-62(54,55)58-32-37(46)31-57-61(51,52)53)60-44(50)27-22-15-13-11-9-7-6-8-10-12-14-19-23-35(2)3/h28-29,35-42,45-48H,4-27,30-34H2,1-3H3,(H,54,55)(H2,51,52,53)/b29-28+/t36-,37-,38+,39+,40+,41-,42+/m0/s1. The van der Waals surface area contributed by atoms with Gasteiger partial charge in [-0.3, -0.25) is 23.2 Å². The molecule has 8 atom stereocenters. The number of esters is 2. The van der Waals surface area contributed by atoms with E-state index in [1.165, 1.54) is 51.4 Å². The van der Waals surface area contributed by atoms with Gasteiger partial charge in [0, 0.05) is 25.2 Å². The molecule has 0 radical (unpaired) electrons. The topological polar surface area (TPSA) is 256 Å². The molecule has 0 spiro atoms. The number of carbonyl (C=O) groups is 2. The summed E-state index contributed by atoms with van der Waals surface area (Å²) in [6.07, 6.45) is 21.3. The molecule has 18 heteroatoms. The Labute approximate surface area is 371 Å². The van der Waals surface area contributed by atoms with E-state index in [-0.39, 0.29) is 24.7 Å². The van der Waals surface area contributed by atoms with Gasteiger partial charge in [0.05, 0.1) is 38.1 Å². The molecule has 0 heterocycles. The van der Waals surface area contributed by atoms with Crippen LogP contribution in [0.1, 0.15) is 181 Å². The molecule has 0 aromatic heterocycles.